The van der Waals surface area contributed by atoms with Crippen LogP contribution in [0.5, 0.6) is 0 Å². The highest BCUT2D eigenvalue weighted by Gasteiger charge is 2.50. The number of aromatic nitrogens is 2. The van der Waals surface area contributed by atoms with Crippen LogP contribution in [0.3, 0.4) is 0 Å². The van der Waals surface area contributed by atoms with Gasteiger partial charge < -0.3 is 9.84 Å². The molecule has 5 nitrogen and oxygen atoms in total. The Labute approximate surface area is 188 Å². The van der Waals surface area contributed by atoms with E-state index in [1.54, 1.807) is 18.5 Å². The minimum Gasteiger partial charge on any atom is -0.393 e. The summed E-state index contributed by atoms with van der Waals surface area (Å²) in [6.07, 6.45) is 5.01. The van der Waals surface area contributed by atoms with Crippen LogP contribution in [0.15, 0.2) is 48.8 Å². The van der Waals surface area contributed by atoms with Crippen molar-refractivity contribution in [2.24, 2.45) is 0 Å². The average Bonchev–Trinajstić information content (AvgIpc) is 3.52. The highest BCUT2D eigenvalue weighted by Crippen LogP contribution is 2.51. The maximum atomic E-state index is 14.4. The fourth-order valence-electron chi connectivity index (χ4n) is 4.47. The second kappa shape index (κ2) is 8.35. The number of nitrogens with zero attached hydrogens (tertiary/aromatic N) is 2. The van der Waals surface area contributed by atoms with Crippen molar-refractivity contribution in [2.75, 3.05) is 0 Å². The smallest absolute Gasteiger partial charge is 0.185 e. The van der Waals surface area contributed by atoms with Crippen LogP contribution in [0, 0.1) is 17.5 Å². The van der Waals surface area contributed by atoms with Crippen molar-refractivity contribution in [3.05, 3.63) is 83.1 Å². The lowest BCUT2D eigenvalue weighted by Crippen LogP contribution is -2.33. The normalized spacial score (nSPS) is 21.2. The number of ketones is 1. The molecule has 33 heavy (non-hydrogen) atoms. The summed E-state index contributed by atoms with van der Waals surface area (Å²) in [6.45, 7) is 0. The average molecular weight is 454 g/mol. The highest BCUT2D eigenvalue weighted by molar-refractivity contribution is 5.96. The van der Waals surface area contributed by atoms with E-state index in [9.17, 15) is 23.1 Å². The van der Waals surface area contributed by atoms with Crippen molar-refractivity contribution in [3.8, 4) is 11.3 Å². The number of pyridine rings is 2. The number of Topliss-reactive ketones (excluding diaryl/α,β-unsaturated/α-hetero) is 1. The molecule has 1 aliphatic carbocycles. The number of rotatable bonds is 5. The van der Waals surface area contributed by atoms with Gasteiger partial charge in [0.15, 0.2) is 5.78 Å². The number of carbonyl (C=O) groups is 1. The van der Waals surface area contributed by atoms with Crippen LogP contribution in [0.25, 0.3) is 11.3 Å². The first-order chi connectivity index (χ1) is 15.8. The number of carbonyl (C=O) groups excluding carboxylic acids is 1. The van der Waals surface area contributed by atoms with Gasteiger partial charge in [0.25, 0.3) is 0 Å². The number of ether oxygens (including phenoxy) is 1. The van der Waals surface area contributed by atoms with Gasteiger partial charge in [0.1, 0.15) is 28.8 Å². The molecule has 3 heterocycles. The third kappa shape index (κ3) is 4.28. The van der Waals surface area contributed by atoms with E-state index in [0.29, 0.717) is 18.4 Å². The molecular formula is C25H21F3N2O3. The minimum atomic E-state index is -0.970. The highest BCUT2D eigenvalue weighted by atomic mass is 19.1. The summed E-state index contributed by atoms with van der Waals surface area (Å²) in [7, 11) is 0. The molecule has 2 atom stereocenters. The van der Waals surface area contributed by atoms with Crippen LogP contribution in [-0.4, -0.2) is 32.6 Å². The summed E-state index contributed by atoms with van der Waals surface area (Å²) in [5.41, 5.74) is -0.229. The maximum absolute atomic E-state index is 14.4. The van der Waals surface area contributed by atoms with E-state index in [1.165, 1.54) is 12.1 Å². The van der Waals surface area contributed by atoms with Gasteiger partial charge in [0.05, 0.1) is 23.4 Å². The van der Waals surface area contributed by atoms with Crippen LogP contribution >= 0.6 is 0 Å². The molecule has 2 aromatic heterocycles. The molecule has 5 rings (SSSR count). The van der Waals surface area contributed by atoms with Gasteiger partial charge in [-0.25, -0.2) is 18.2 Å². The Morgan fingerprint density at radius 3 is 2.58 bits per heavy atom. The van der Waals surface area contributed by atoms with Crippen LogP contribution in [-0.2, 0) is 11.2 Å². The van der Waals surface area contributed by atoms with E-state index in [-0.39, 0.29) is 23.8 Å². The van der Waals surface area contributed by atoms with Crippen molar-refractivity contribution < 1.29 is 27.8 Å². The van der Waals surface area contributed by atoms with E-state index >= 15 is 0 Å². The summed E-state index contributed by atoms with van der Waals surface area (Å²) in [5, 5.41) is 10.3. The van der Waals surface area contributed by atoms with Gasteiger partial charge in [0, 0.05) is 31.7 Å². The minimum absolute atomic E-state index is 0.107. The summed E-state index contributed by atoms with van der Waals surface area (Å²) in [5.74, 6) is -3.33. The molecule has 8 heteroatoms. The summed E-state index contributed by atoms with van der Waals surface area (Å²) >= 11 is 0. The largest absolute Gasteiger partial charge is 0.393 e. The first-order valence-corrected chi connectivity index (χ1v) is 10.8. The van der Waals surface area contributed by atoms with Gasteiger partial charge in [-0.2, -0.15) is 0 Å². The molecule has 1 aromatic carbocycles. The molecule has 1 saturated carbocycles. The predicted octanol–water partition coefficient (Wildman–Crippen LogP) is 4.73. The number of hydrogen-bond acceptors (Lipinski definition) is 5. The van der Waals surface area contributed by atoms with Gasteiger partial charge in [-0.05, 0) is 54.3 Å². The molecule has 1 saturated heterocycles. The van der Waals surface area contributed by atoms with Gasteiger partial charge in [-0.15, -0.1) is 0 Å². The second-order valence-corrected chi connectivity index (χ2v) is 8.68. The van der Waals surface area contributed by atoms with Crippen molar-refractivity contribution in [1.82, 2.24) is 9.97 Å². The quantitative estimate of drug-likeness (QED) is 0.565. The second-order valence-electron chi connectivity index (χ2n) is 8.68. The fourth-order valence-corrected chi connectivity index (χ4v) is 4.47. The molecule has 1 N–H and O–H groups in total. The zero-order valence-electron chi connectivity index (χ0n) is 17.6. The first-order valence-electron chi connectivity index (χ1n) is 10.8. The molecule has 0 radical (unpaired) electrons. The lowest BCUT2D eigenvalue weighted by molar-refractivity contribution is -0.113. The van der Waals surface area contributed by atoms with Gasteiger partial charge >= 0.3 is 0 Å². The van der Waals surface area contributed by atoms with Crippen molar-refractivity contribution in [3.63, 3.8) is 0 Å². The van der Waals surface area contributed by atoms with Crippen molar-refractivity contribution in [1.29, 1.82) is 0 Å². The standard InChI is InChI=1S/C25H21F3N2O3/c26-17-2-1-3-18(27)23(17)24-19(28)4-5-20(30-24)21(32)10-14-13-29-9-6-16(14)22-11-15(31)12-25(33-22)7-8-25/h1-6,9,13,15,22,31H,7-8,10-12H2/t15-,22-/m1/s1. The first kappa shape index (κ1) is 21.7. The molecule has 0 bridgehead atoms. The molecule has 1 spiro atoms. The molecule has 0 amide bonds. The summed E-state index contributed by atoms with van der Waals surface area (Å²) in [4.78, 5) is 21.1. The molecule has 2 fully saturated rings. The van der Waals surface area contributed by atoms with Gasteiger partial charge in [-0.1, -0.05) is 6.07 Å². The Bertz CT molecular complexity index is 1210. The molecule has 3 aromatic rings. The zero-order chi connectivity index (χ0) is 23.2. The SMILES string of the molecule is O=C(Cc1cnccc1[C@H]1C[C@@H](O)CC2(CC2)O1)c1ccc(F)c(-c2c(F)cccc2F)n1. The number of halogens is 3. The van der Waals surface area contributed by atoms with E-state index in [4.69, 9.17) is 4.74 Å². The number of hydrogen-bond donors (Lipinski definition) is 1. The Morgan fingerprint density at radius 2 is 1.85 bits per heavy atom. The van der Waals surface area contributed by atoms with E-state index in [0.717, 1.165) is 36.6 Å². The van der Waals surface area contributed by atoms with Crippen LogP contribution in [0.1, 0.15) is 53.4 Å². The molecule has 2 aliphatic rings. The third-order valence-corrected chi connectivity index (χ3v) is 6.26. The molecular weight excluding hydrogens is 433 g/mol. The monoisotopic (exact) mass is 454 g/mol. The van der Waals surface area contributed by atoms with E-state index in [1.807, 2.05) is 0 Å². The summed E-state index contributed by atoms with van der Waals surface area (Å²) in [6, 6.07) is 7.10. The molecule has 170 valence electrons. The number of aliphatic hydroxyl groups is 1. The molecule has 0 unspecified atom stereocenters. The van der Waals surface area contributed by atoms with Crippen LogP contribution in [0.2, 0.25) is 0 Å². The van der Waals surface area contributed by atoms with Gasteiger partial charge in [-0.3, -0.25) is 9.78 Å². The Hall–Kier alpha value is -3.10. The van der Waals surface area contributed by atoms with Crippen molar-refractivity contribution >= 4 is 5.78 Å². The Balaban J connectivity index is 1.43. The Kier molecular flexibility index (Phi) is 5.50. The number of aliphatic hydroxyl groups excluding tert-OH is 1. The lowest BCUT2D eigenvalue weighted by Gasteiger charge is -2.34. The lowest BCUT2D eigenvalue weighted by atomic mass is 9.91. The van der Waals surface area contributed by atoms with Crippen LogP contribution < -0.4 is 0 Å². The maximum Gasteiger partial charge on any atom is 0.185 e. The predicted molar refractivity (Wildman–Crippen MR) is 113 cm³/mol. The Morgan fingerprint density at radius 1 is 1.09 bits per heavy atom. The summed E-state index contributed by atoms with van der Waals surface area (Å²) < 4.78 is 49.0. The van der Waals surface area contributed by atoms with Gasteiger partial charge in [0.2, 0.25) is 0 Å². The van der Waals surface area contributed by atoms with E-state index < -0.39 is 40.6 Å². The van der Waals surface area contributed by atoms with E-state index in [2.05, 4.69) is 9.97 Å². The third-order valence-electron chi connectivity index (χ3n) is 6.26. The molecule has 1 aliphatic heterocycles. The zero-order valence-corrected chi connectivity index (χ0v) is 17.6. The topological polar surface area (TPSA) is 72.3 Å². The number of benzene rings is 1. The van der Waals surface area contributed by atoms with Crippen molar-refractivity contribution in [2.45, 2.75) is 49.9 Å². The fraction of sp³-hybridized carbons (Fsp3) is 0.320. The van der Waals surface area contributed by atoms with Crippen LogP contribution in [0.4, 0.5) is 13.2 Å².